The summed E-state index contributed by atoms with van der Waals surface area (Å²) in [6.07, 6.45) is 0. The fraction of sp³-hybridized carbons (Fsp3) is 0. The van der Waals surface area contributed by atoms with Gasteiger partial charge in [-0.1, -0.05) is 18.2 Å². The Morgan fingerprint density at radius 2 is 1.65 bits per heavy atom. The van der Waals surface area contributed by atoms with Crippen molar-refractivity contribution in [3.05, 3.63) is 54.1 Å². The molecule has 0 saturated carbocycles. The lowest BCUT2D eigenvalue weighted by Crippen LogP contribution is -1.90. The molecule has 1 atom stereocenters. The minimum absolute atomic E-state index is 0.215. The molecule has 2 aromatic carbocycles. The summed E-state index contributed by atoms with van der Waals surface area (Å²) in [5, 5.41) is 0. The van der Waals surface area contributed by atoms with Crippen molar-refractivity contribution in [3.63, 3.8) is 0 Å². The van der Waals surface area contributed by atoms with Crippen molar-refractivity contribution in [2.24, 2.45) is 0 Å². The van der Waals surface area contributed by atoms with Gasteiger partial charge in [-0.25, -0.2) is 13.0 Å². The van der Waals surface area contributed by atoms with Gasteiger partial charge in [0.2, 0.25) is 0 Å². The highest BCUT2D eigenvalue weighted by Gasteiger charge is 2.06. The van der Waals surface area contributed by atoms with Crippen LogP contribution in [0.4, 0.5) is 8.78 Å². The lowest BCUT2D eigenvalue weighted by atomic mass is 10.1. The molecule has 2 nitrogen and oxygen atoms in total. The summed E-state index contributed by atoms with van der Waals surface area (Å²) in [6.45, 7) is 0. The second-order valence-corrected chi connectivity index (χ2v) is 4.38. The molecule has 88 valence electrons. The Labute approximate surface area is 99.2 Å². The molecule has 0 bridgehead atoms. The summed E-state index contributed by atoms with van der Waals surface area (Å²) in [4.78, 5) is 0.215. The maximum Gasteiger partial charge on any atom is 0.186 e. The van der Waals surface area contributed by atoms with E-state index >= 15 is 0 Å². The molecular weight excluding hydrogens is 246 g/mol. The van der Waals surface area contributed by atoms with E-state index in [1.807, 2.05) is 0 Å². The van der Waals surface area contributed by atoms with Crippen LogP contribution in [-0.2, 0) is 11.1 Å². The molecule has 0 aliphatic rings. The molecule has 0 spiro atoms. The third kappa shape index (κ3) is 2.57. The second-order valence-electron chi connectivity index (χ2n) is 3.41. The molecule has 17 heavy (non-hydrogen) atoms. The Bertz CT molecular complexity index is 584. The largest absolute Gasteiger partial charge is 0.302 e. The summed E-state index contributed by atoms with van der Waals surface area (Å²) in [6, 6.07) is 9.67. The highest BCUT2D eigenvalue weighted by molar-refractivity contribution is 7.79. The molecule has 2 aromatic rings. The molecule has 0 fully saturated rings. The van der Waals surface area contributed by atoms with E-state index in [2.05, 4.69) is 0 Å². The summed E-state index contributed by atoms with van der Waals surface area (Å²) in [7, 11) is 0. The third-order valence-electron chi connectivity index (χ3n) is 2.29. The minimum atomic E-state index is -2.09. The molecular formula is C12H8F2O2S. The van der Waals surface area contributed by atoms with Crippen molar-refractivity contribution in [1.29, 1.82) is 0 Å². The maximum absolute atomic E-state index is 13.0. The van der Waals surface area contributed by atoms with Gasteiger partial charge in [0, 0.05) is 0 Å². The van der Waals surface area contributed by atoms with E-state index in [1.54, 1.807) is 12.1 Å². The normalized spacial score (nSPS) is 12.4. The monoisotopic (exact) mass is 254 g/mol. The van der Waals surface area contributed by atoms with Gasteiger partial charge in [0.25, 0.3) is 0 Å². The molecule has 0 aliphatic carbocycles. The van der Waals surface area contributed by atoms with Crippen LogP contribution < -0.4 is 0 Å². The lowest BCUT2D eigenvalue weighted by molar-refractivity contribution is 0.509. The van der Waals surface area contributed by atoms with E-state index in [1.165, 1.54) is 18.2 Å². The van der Waals surface area contributed by atoms with Crippen LogP contribution in [0.5, 0.6) is 0 Å². The zero-order chi connectivity index (χ0) is 12.4. The van der Waals surface area contributed by atoms with E-state index in [0.717, 1.165) is 12.1 Å². The number of halogens is 2. The number of benzene rings is 2. The van der Waals surface area contributed by atoms with Gasteiger partial charge in [0.1, 0.15) is 0 Å². The van der Waals surface area contributed by atoms with Crippen molar-refractivity contribution in [2.75, 3.05) is 0 Å². The van der Waals surface area contributed by atoms with Gasteiger partial charge >= 0.3 is 0 Å². The summed E-state index contributed by atoms with van der Waals surface area (Å²) in [5.74, 6) is -1.87. The average Bonchev–Trinajstić information content (AvgIpc) is 2.33. The molecule has 0 aliphatic heterocycles. The van der Waals surface area contributed by atoms with Crippen molar-refractivity contribution in [1.82, 2.24) is 0 Å². The molecule has 5 heteroatoms. The Hall–Kier alpha value is -1.59. The molecule has 0 heterocycles. The van der Waals surface area contributed by atoms with E-state index in [4.69, 9.17) is 4.55 Å². The quantitative estimate of drug-likeness (QED) is 0.835. The standard InChI is InChI=1S/C12H8F2O2S/c13-11-5-4-9(7-12(11)14)8-2-1-3-10(6-8)17(15)16/h1-7H,(H,15,16). The summed E-state index contributed by atoms with van der Waals surface area (Å²) < 4.78 is 45.6. The highest BCUT2D eigenvalue weighted by Crippen LogP contribution is 2.23. The maximum atomic E-state index is 13.0. The van der Waals surface area contributed by atoms with Gasteiger partial charge in [0.15, 0.2) is 22.7 Å². The summed E-state index contributed by atoms with van der Waals surface area (Å²) >= 11 is -2.09. The predicted octanol–water partition coefficient (Wildman–Crippen LogP) is 3.21. The van der Waals surface area contributed by atoms with Crippen LogP contribution in [0.15, 0.2) is 47.4 Å². The fourth-order valence-corrected chi connectivity index (χ4v) is 1.88. The fourth-order valence-electron chi connectivity index (χ4n) is 1.46. The first-order valence-electron chi connectivity index (χ1n) is 4.74. The van der Waals surface area contributed by atoms with E-state index in [0.29, 0.717) is 11.1 Å². The smallest absolute Gasteiger partial charge is 0.186 e. The van der Waals surface area contributed by atoms with Crippen LogP contribution in [-0.4, -0.2) is 8.76 Å². The Balaban J connectivity index is 2.49. The highest BCUT2D eigenvalue weighted by atomic mass is 32.2. The molecule has 0 saturated heterocycles. The third-order valence-corrected chi connectivity index (χ3v) is 2.95. The molecule has 2 rings (SSSR count). The topological polar surface area (TPSA) is 37.3 Å². The van der Waals surface area contributed by atoms with Crippen LogP contribution in [0.2, 0.25) is 0 Å². The minimum Gasteiger partial charge on any atom is -0.302 e. The first-order valence-corrected chi connectivity index (χ1v) is 5.85. The molecule has 1 N–H and O–H groups in total. The van der Waals surface area contributed by atoms with Gasteiger partial charge in [0.05, 0.1) is 4.90 Å². The van der Waals surface area contributed by atoms with E-state index in [-0.39, 0.29) is 4.90 Å². The average molecular weight is 254 g/mol. The summed E-state index contributed by atoms with van der Waals surface area (Å²) in [5.41, 5.74) is 1.01. The number of hydrogen-bond donors (Lipinski definition) is 1. The number of hydrogen-bond acceptors (Lipinski definition) is 1. The Morgan fingerprint density at radius 1 is 0.941 bits per heavy atom. The lowest BCUT2D eigenvalue weighted by Gasteiger charge is -2.03. The van der Waals surface area contributed by atoms with Crippen LogP contribution >= 0.6 is 0 Å². The van der Waals surface area contributed by atoms with Crippen molar-refractivity contribution in [3.8, 4) is 11.1 Å². The molecule has 0 radical (unpaired) electrons. The number of rotatable bonds is 2. The molecule has 1 unspecified atom stereocenters. The van der Waals surface area contributed by atoms with Crippen LogP contribution in [0.1, 0.15) is 0 Å². The van der Waals surface area contributed by atoms with E-state index < -0.39 is 22.7 Å². The van der Waals surface area contributed by atoms with Crippen LogP contribution in [0.3, 0.4) is 0 Å². The van der Waals surface area contributed by atoms with Gasteiger partial charge in [-0.15, -0.1) is 0 Å². The first-order chi connectivity index (χ1) is 8.08. The zero-order valence-electron chi connectivity index (χ0n) is 8.56. The van der Waals surface area contributed by atoms with E-state index in [9.17, 15) is 13.0 Å². The Morgan fingerprint density at radius 3 is 2.29 bits per heavy atom. The second kappa shape index (κ2) is 4.73. The predicted molar refractivity (Wildman–Crippen MR) is 60.8 cm³/mol. The van der Waals surface area contributed by atoms with Crippen LogP contribution in [0.25, 0.3) is 11.1 Å². The molecule has 0 amide bonds. The SMILES string of the molecule is O=S(O)c1cccc(-c2ccc(F)c(F)c2)c1. The van der Waals surface area contributed by atoms with Crippen molar-refractivity contribution < 1.29 is 17.5 Å². The van der Waals surface area contributed by atoms with Crippen LogP contribution in [0, 0.1) is 11.6 Å². The Kier molecular flexibility index (Phi) is 3.31. The van der Waals surface area contributed by atoms with Crippen molar-refractivity contribution in [2.45, 2.75) is 4.90 Å². The van der Waals surface area contributed by atoms with Gasteiger partial charge < -0.3 is 4.55 Å². The zero-order valence-corrected chi connectivity index (χ0v) is 9.38. The van der Waals surface area contributed by atoms with Gasteiger partial charge in [-0.3, -0.25) is 0 Å². The molecule has 0 aromatic heterocycles. The van der Waals surface area contributed by atoms with Gasteiger partial charge in [-0.2, -0.15) is 0 Å². The van der Waals surface area contributed by atoms with Gasteiger partial charge in [-0.05, 0) is 35.4 Å². The first kappa shape index (κ1) is 11.9. The van der Waals surface area contributed by atoms with Crippen molar-refractivity contribution >= 4 is 11.1 Å².